The zero-order valence-corrected chi connectivity index (χ0v) is 14.8. The van der Waals surface area contributed by atoms with Crippen LogP contribution in [0, 0.1) is 0 Å². The van der Waals surface area contributed by atoms with Gasteiger partial charge >= 0.3 is 5.97 Å². The summed E-state index contributed by atoms with van der Waals surface area (Å²) in [5, 5.41) is 0.606. The minimum absolute atomic E-state index is 0.0684. The molecule has 1 aliphatic heterocycles. The fourth-order valence-corrected chi connectivity index (χ4v) is 3.70. The second kappa shape index (κ2) is 6.09. The summed E-state index contributed by atoms with van der Waals surface area (Å²) in [5.41, 5.74) is 0.908. The number of halogens is 1. The third-order valence-electron chi connectivity index (χ3n) is 4.85. The molecule has 0 N–H and O–H groups in total. The Morgan fingerprint density at radius 3 is 2.71 bits per heavy atom. The van der Waals surface area contributed by atoms with E-state index in [0.717, 1.165) is 16.9 Å². The van der Waals surface area contributed by atoms with Crippen molar-refractivity contribution in [1.29, 1.82) is 0 Å². The van der Waals surface area contributed by atoms with E-state index in [9.17, 15) is 9.59 Å². The van der Waals surface area contributed by atoms with Crippen molar-refractivity contribution < 1.29 is 14.3 Å². The maximum Gasteiger partial charge on any atom is 0.325 e. The van der Waals surface area contributed by atoms with Gasteiger partial charge in [-0.3, -0.25) is 9.59 Å². The van der Waals surface area contributed by atoms with Gasteiger partial charge in [0, 0.05) is 5.02 Å². The number of carbonyl (C=O) groups excluding carboxylic acids is 2. The Hall–Kier alpha value is -2.08. The molecule has 128 valence electrons. The molecule has 0 radical (unpaired) electrons. The molecular weight excluding hydrogens is 330 g/mol. The molecule has 3 rings (SSSR count). The predicted molar refractivity (Wildman–Crippen MR) is 90.7 cm³/mol. The van der Waals surface area contributed by atoms with Crippen LogP contribution in [-0.4, -0.2) is 40.0 Å². The van der Waals surface area contributed by atoms with E-state index >= 15 is 0 Å². The maximum atomic E-state index is 13.2. The molecule has 1 aliphatic rings. The van der Waals surface area contributed by atoms with Gasteiger partial charge in [0.15, 0.2) is 0 Å². The second-order valence-corrected chi connectivity index (χ2v) is 6.41. The number of imidazole rings is 1. The number of benzene rings is 1. The van der Waals surface area contributed by atoms with Crippen LogP contribution in [0.4, 0.5) is 0 Å². The van der Waals surface area contributed by atoms with Gasteiger partial charge in [0.2, 0.25) is 5.91 Å². The van der Waals surface area contributed by atoms with E-state index in [4.69, 9.17) is 16.3 Å². The summed E-state index contributed by atoms with van der Waals surface area (Å²) in [6.07, 6.45) is 1.22. The number of esters is 1. The summed E-state index contributed by atoms with van der Waals surface area (Å²) in [5.74, 6) is 0.260. The molecule has 2 heterocycles. The summed E-state index contributed by atoms with van der Waals surface area (Å²) in [7, 11) is 1.32. The van der Waals surface area contributed by atoms with E-state index < -0.39 is 11.5 Å². The number of carbonyl (C=O) groups is 2. The van der Waals surface area contributed by atoms with Crippen LogP contribution in [-0.2, 0) is 26.4 Å². The Labute approximate surface area is 145 Å². The van der Waals surface area contributed by atoms with Crippen LogP contribution in [0.5, 0.6) is 0 Å². The SMILES string of the molecule is CCC1(CC)C(=O)N(CC(=O)OC)Cc2nc3cc(Cl)ccc3n21. The minimum atomic E-state index is -0.746. The molecule has 2 aromatic rings. The highest BCUT2D eigenvalue weighted by Crippen LogP contribution is 2.38. The first-order valence-electron chi connectivity index (χ1n) is 8.00. The predicted octanol–water partition coefficient (Wildman–Crippen LogP) is 2.72. The Balaban J connectivity index is 2.19. The molecule has 0 aliphatic carbocycles. The number of fused-ring (bicyclic) bond motifs is 3. The highest BCUT2D eigenvalue weighted by atomic mass is 35.5. The van der Waals surface area contributed by atoms with E-state index in [0.29, 0.717) is 17.9 Å². The summed E-state index contributed by atoms with van der Waals surface area (Å²) in [6.45, 7) is 4.17. The zero-order valence-electron chi connectivity index (χ0n) is 14.0. The molecule has 0 atom stereocenters. The minimum Gasteiger partial charge on any atom is -0.468 e. The van der Waals surface area contributed by atoms with Crippen molar-refractivity contribution in [3.8, 4) is 0 Å². The average molecular weight is 350 g/mol. The molecule has 1 aromatic heterocycles. The maximum absolute atomic E-state index is 13.2. The average Bonchev–Trinajstić information content (AvgIpc) is 2.93. The van der Waals surface area contributed by atoms with Gasteiger partial charge in [-0.15, -0.1) is 0 Å². The molecule has 0 saturated carbocycles. The van der Waals surface area contributed by atoms with Crippen LogP contribution in [0.1, 0.15) is 32.5 Å². The normalized spacial score (nSPS) is 16.3. The quantitative estimate of drug-likeness (QED) is 0.796. The Morgan fingerprint density at radius 1 is 1.38 bits per heavy atom. The van der Waals surface area contributed by atoms with Crippen molar-refractivity contribution in [2.45, 2.75) is 38.8 Å². The monoisotopic (exact) mass is 349 g/mol. The molecular formula is C17H20ClN3O3. The molecule has 1 aromatic carbocycles. The zero-order chi connectivity index (χ0) is 17.5. The van der Waals surface area contributed by atoms with Gasteiger partial charge in [-0.25, -0.2) is 4.98 Å². The van der Waals surface area contributed by atoms with Gasteiger partial charge in [0.25, 0.3) is 0 Å². The van der Waals surface area contributed by atoms with Crippen LogP contribution < -0.4 is 0 Å². The molecule has 0 spiro atoms. The second-order valence-electron chi connectivity index (χ2n) is 5.97. The van der Waals surface area contributed by atoms with Gasteiger partial charge in [-0.1, -0.05) is 25.4 Å². The molecule has 6 nitrogen and oxygen atoms in total. The highest BCUT2D eigenvalue weighted by Gasteiger charge is 2.46. The van der Waals surface area contributed by atoms with Gasteiger partial charge in [0.05, 0.1) is 24.7 Å². The summed E-state index contributed by atoms with van der Waals surface area (Å²) in [6, 6.07) is 5.51. The smallest absolute Gasteiger partial charge is 0.325 e. The van der Waals surface area contributed by atoms with Crippen LogP contribution in [0.25, 0.3) is 11.0 Å². The first-order valence-corrected chi connectivity index (χ1v) is 8.38. The third-order valence-corrected chi connectivity index (χ3v) is 5.08. The van der Waals surface area contributed by atoms with Crippen molar-refractivity contribution >= 4 is 34.5 Å². The van der Waals surface area contributed by atoms with Gasteiger partial charge in [0.1, 0.15) is 17.9 Å². The molecule has 7 heteroatoms. The fourth-order valence-electron chi connectivity index (χ4n) is 3.54. The summed E-state index contributed by atoms with van der Waals surface area (Å²) < 4.78 is 6.74. The highest BCUT2D eigenvalue weighted by molar-refractivity contribution is 6.31. The Bertz CT molecular complexity index is 811. The van der Waals surface area contributed by atoms with E-state index in [1.165, 1.54) is 12.0 Å². The largest absolute Gasteiger partial charge is 0.468 e. The number of nitrogens with zero attached hydrogens (tertiary/aromatic N) is 3. The van der Waals surface area contributed by atoms with E-state index in [1.807, 2.05) is 24.5 Å². The number of hydrogen-bond donors (Lipinski definition) is 0. The topological polar surface area (TPSA) is 64.4 Å². The van der Waals surface area contributed by atoms with Crippen molar-refractivity contribution in [3.05, 3.63) is 29.0 Å². The third kappa shape index (κ3) is 2.36. The summed E-state index contributed by atoms with van der Waals surface area (Å²) >= 11 is 6.08. The summed E-state index contributed by atoms with van der Waals surface area (Å²) in [4.78, 5) is 31.0. The molecule has 1 amide bonds. The van der Waals surface area contributed by atoms with Crippen molar-refractivity contribution in [2.24, 2.45) is 0 Å². The number of aromatic nitrogens is 2. The van der Waals surface area contributed by atoms with Crippen LogP contribution >= 0.6 is 11.6 Å². The van der Waals surface area contributed by atoms with Gasteiger partial charge in [-0.05, 0) is 31.0 Å². The lowest BCUT2D eigenvalue weighted by Crippen LogP contribution is -2.55. The van der Waals surface area contributed by atoms with Gasteiger partial charge in [-0.2, -0.15) is 0 Å². The number of rotatable bonds is 4. The lowest BCUT2D eigenvalue weighted by atomic mass is 9.88. The molecule has 24 heavy (non-hydrogen) atoms. The van der Waals surface area contributed by atoms with E-state index in [-0.39, 0.29) is 19.0 Å². The number of methoxy groups -OCH3 is 1. The lowest BCUT2D eigenvalue weighted by molar-refractivity contribution is -0.153. The fraction of sp³-hybridized carbons (Fsp3) is 0.471. The molecule has 0 saturated heterocycles. The van der Waals surface area contributed by atoms with Crippen molar-refractivity contribution in [3.63, 3.8) is 0 Å². The lowest BCUT2D eigenvalue weighted by Gasteiger charge is -2.42. The van der Waals surface area contributed by atoms with E-state index in [2.05, 4.69) is 4.98 Å². The van der Waals surface area contributed by atoms with Crippen molar-refractivity contribution in [1.82, 2.24) is 14.5 Å². The van der Waals surface area contributed by atoms with Crippen molar-refractivity contribution in [2.75, 3.05) is 13.7 Å². The number of hydrogen-bond acceptors (Lipinski definition) is 4. The van der Waals surface area contributed by atoms with Gasteiger partial charge < -0.3 is 14.2 Å². The standard InChI is InChI=1S/C17H20ClN3O3/c1-4-17(5-2)16(23)20(10-15(22)24-3)9-14-19-12-8-11(18)6-7-13(12)21(14)17/h6-8H,4-5,9-10H2,1-3H3. The number of amides is 1. The van der Waals surface area contributed by atoms with Crippen LogP contribution in [0.2, 0.25) is 5.02 Å². The Kier molecular flexibility index (Phi) is 4.25. The first kappa shape index (κ1) is 16.8. The molecule has 0 bridgehead atoms. The molecule has 0 fully saturated rings. The first-order chi connectivity index (χ1) is 11.5. The van der Waals surface area contributed by atoms with Crippen LogP contribution in [0.3, 0.4) is 0 Å². The Morgan fingerprint density at radius 2 is 2.08 bits per heavy atom. The molecule has 0 unspecified atom stereocenters. The van der Waals surface area contributed by atoms with Crippen LogP contribution in [0.15, 0.2) is 18.2 Å². The number of ether oxygens (including phenoxy) is 1. The van der Waals surface area contributed by atoms with E-state index in [1.54, 1.807) is 12.1 Å².